The van der Waals surface area contributed by atoms with E-state index in [9.17, 15) is 4.79 Å². The van der Waals surface area contributed by atoms with Crippen molar-refractivity contribution in [2.75, 3.05) is 11.9 Å². The maximum Gasteiger partial charge on any atom is 0.240 e. The Morgan fingerprint density at radius 1 is 1.19 bits per heavy atom. The van der Waals surface area contributed by atoms with Gasteiger partial charge in [0.25, 0.3) is 0 Å². The summed E-state index contributed by atoms with van der Waals surface area (Å²) in [6, 6.07) is 17.0. The van der Waals surface area contributed by atoms with E-state index in [2.05, 4.69) is 31.8 Å². The largest absolute Gasteiger partial charge is 0.484 e. The molecule has 2 N–H and O–H groups in total. The Hall–Kier alpha value is -2.77. The number of nitrogens with one attached hydrogen (secondary N) is 2. The number of para-hydroxylation sites is 1. The van der Waals surface area contributed by atoms with Crippen molar-refractivity contribution in [2.24, 2.45) is 5.10 Å². The first kappa shape index (κ1) is 22.9. The fourth-order valence-electron chi connectivity index (χ4n) is 2.76. The highest BCUT2D eigenvalue weighted by atomic mass is 79.9. The summed E-state index contributed by atoms with van der Waals surface area (Å²) in [4.78, 5) is 11.9. The molecule has 0 spiro atoms. The van der Waals surface area contributed by atoms with E-state index in [0.29, 0.717) is 41.7 Å². The summed E-state index contributed by atoms with van der Waals surface area (Å²) in [5.41, 5.74) is 4.48. The van der Waals surface area contributed by atoms with E-state index in [0.717, 1.165) is 15.7 Å². The lowest BCUT2D eigenvalue weighted by Crippen LogP contribution is -2.18. The van der Waals surface area contributed by atoms with E-state index < -0.39 is 0 Å². The van der Waals surface area contributed by atoms with Crippen LogP contribution >= 0.6 is 27.5 Å². The molecule has 31 heavy (non-hydrogen) atoms. The lowest BCUT2D eigenvalue weighted by Gasteiger charge is -2.09. The van der Waals surface area contributed by atoms with Crippen LogP contribution in [0.2, 0.25) is 5.02 Å². The second kappa shape index (κ2) is 11.6. The van der Waals surface area contributed by atoms with Crippen LogP contribution in [0.25, 0.3) is 0 Å². The second-order valence-electron chi connectivity index (χ2n) is 6.81. The first-order valence-corrected chi connectivity index (χ1v) is 11.0. The molecule has 8 heteroatoms. The maximum atomic E-state index is 11.9. The highest BCUT2D eigenvalue weighted by Crippen LogP contribution is 2.28. The van der Waals surface area contributed by atoms with E-state index in [1.165, 1.54) is 6.21 Å². The molecule has 3 rings (SSSR count). The highest BCUT2D eigenvalue weighted by Gasteiger charge is 2.07. The minimum absolute atomic E-state index is 0.154. The Morgan fingerprint density at radius 2 is 2.00 bits per heavy atom. The van der Waals surface area contributed by atoms with Crippen LogP contribution in [0.3, 0.4) is 0 Å². The summed E-state index contributed by atoms with van der Waals surface area (Å²) < 4.78 is 12.4. The molecule has 6 nitrogen and oxygen atoms in total. The molecule has 0 unspecified atom stereocenters. The molecule has 1 heterocycles. The lowest BCUT2D eigenvalue weighted by molar-refractivity contribution is -0.121. The third-order valence-electron chi connectivity index (χ3n) is 4.34. The third-order valence-corrected chi connectivity index (χ3v) is 5.17. The van der Waals surface area contributed by atoms with E-state index in [1.807, 2.05) is 43.3 Å². The number of halogens is 2. The number of carbonyl (C=O) groups is 1. The predicted molar refractivity (Wildman–Crippen MR) is 127 cm³/mol. The zero-order chi connectivity index (χ0) is 22.1. The number of hydrogen-bond donors (Lipinski definition) is 2. The molecule has 0 bridgehead atoms. The van der Waals surface area contributed by atoms with E-state index >= 15 is 0 Å². The van der Waals surface area contributed by atoms with Gasteiger partial charge in [0, 0.05) is 23.1 Å². The minimum atomic E-state index is -0.154. The predicted octanol–water partition coefficient (Wildman–Crippen LogP) is 5.93. The van der Waals surface area contributed by atoms with Crippen LogP contribution in [0, 0.1) is 6.92 Å². The summed E-state index contributed by atoms with van der Waals surface area (Å²) in [5, 5.41) is 7.77. The van der Waals surface area contributed by atoms with Gasteiger partial charge in [0.1, 0.15) is 23.9 Å². The van der Waals surface area contributed by atoms with E-state index in [4.69, 9.17) is 20.8 Å². The molecule has 0 atom stereocenters. The van der Waals surface area contributed by atoms with Crippen molar-refractivity contribution in [3.8, 4) is 5.75 Å². The third kappa shape index (κ3) is 7.45. The summed E-state index contributed by atoms with van der Waals surface area (Å²) in [6.45, 7) is 2.88. The van der Waals surface area contributed by atoms with Gasteiger partial charge < -0.3 is 14.5 Å². The van der Waals surface area contributed by atoms with Crippen LogP contribution in [0.1, 0.15) is 29.9 Å². The van der Waals surface area contributed by atoms with Gasteiger partial charge in [-0.25, -0.2) is 5.43 Å². The molecule has 0 fully saturated rings. The van der Waals surface area contributed by atoms with Gasteiger partial charge in [0.15, 0.2) is 0 Å². The molecule has 1 aromatic heterocycles. The summed E-state index contributed by atoms with van der Waals surface area (Å²) in [7, 11) is 0. The normalized spacial score (nSPS) is 10.9. The van der Waals surface area contributed by atoms with Gasteiger partial charge in [-0.05, 0) is 61.4 Å². The first-order valence-electron chi connectivity index (χ1n) is 9.79. The average molecular weight is 505 g/mol. The quantitative estimate of drug-likeness (QED) is 0.204. The van der Waals surface area contributed by atoms with Crippen molar-refractivity contribution in [1.82, 2.24) is 5.43 Å². The number of amides is 1. The Morgan fingerprint density at radius 3 is 2.77 bits per heavy atom. The summed E-state index contributed by atoms with van der Waals surface area (Å²) in [6.07, 6.45) is 2.53. The Bertz CT molecular complexity index is 1010. The number of benzene rings is 2. The molecular weight excluding hydrogens is 482 g/mol. The zero-order valence-corrected chi connectivity index (χ0v) is 19.4. The average Bonchev–Trinajstić information content (AvgIpc) is 3.20. The van der Waals surface area contributed by atoms with Gasteiger partial charge in [0.2, 0.25) is 5.91 Å². The van der Waals surface area contributed by atoms with Crippen LogP contribution in [-0.2, 0) is 11.4 Å². The smallest absolute Gasteiger partial charge is 0.240 e. The number of aryl methyl sites for hydroxylation is 1. The van der Waals surface area contributed by atoms with Crippen LogP contribution < -0.4 is 15.5 Å². The lowest BCUT2D eigenvalue weighted by atomic mass is 10.2. The molecule has 0 aliphatic heterocycles. The number of anilines is 1. The number of hydrogen-bond acceptors (Lipinski definition) is 5. The van der Waals surface area contributed by atoms with Crippen molar-refractivity contribution in [2.45, 2.75) is 26.4 Å². The number of hydrazone groups is 1. The molecule has 3 aromatic rings. The Balaban J connectivity index is 1.36. The maximum absolute atomic E-state index is 11.9. The van der Waals surface area contributed by atoms with Crippen molar-refractivity contribution in [3.63, 3.8) is 0 Å². The van der Waals surface area contributed by atoms with Gasteiger partial charge in [-0.15, -0.1) is 0 Å². The first-order chi connectivity index (χ1) is 15.0. The molecule has 1 amide bonds. The second-order valence-corrected chi connectivity index (χ2v) is 8.13. The van der Waals surface area contributed by atoms with Crippen molar-refractivity contribution >= 4 is 45.3 Å². The van der Waals surface area contributed by atoms with Crippen LogP contribution in [0.5, 0.6) is 5.75 Å². The molecule has 0 saturated heterocycles. The molecule has 0 aliphatic carbocycles. The van der Waals surface area contributed by atoms with Gasteiger partial charge >= 0.3 is 0 Å². The van der Waals surface area contributed by atoms with Crippen LogP contribution in [-0.4, -0.2) is 18.7 Å². The molecular formula is C23H23BrClN3O3. The fraction of sp³-hybridized carbons (Fsp3) is 0.217. The van der Waals surface area contributed by atoms with Gasteiger partial charge in [-0.2, -0.15) is 5.10 Å². The highest BCUT2D eigenvalue weighted by molar-refractivity contribution is 9.10. The van der Waals surface area contributed by atoms with E-state index in [-0.39, 0.29) is 12.5 Å². The minimum Gasteiger partial charge on any atom is -0.484 e. The van der Waals surface area contributed by atoms with Gasteiger partial charge in [-0.3, -0.25) is 4.79 Å². The number of nitrogens with zero attached hydrogens (tertiary/aromatic N) is 1. The molecule has 0 radical (unpaired) electrons. The van der Waals surface area contributed by atoms with Crippen LogP contribution in [0.15, 0.2) is 68.6 Å². The van der Waals surface area contributed by atoms with Crippen molar-refractivity contribution in [1.29, 1.82) is 0 Å². The van der Waals surface area contributed by atoms with Crippen LogP contribution in [0.4, 0.5) is 5.69 Å². The Labute approximate surface area is 194 Å². The molecule has 2 aromatic carbocycles. The Kier molecular flexibility index (Phi) is 8.55. The van der Waals surface area contributed by atoms with Gasteiger partial charge in [-0.1, -0.05) is 39.7 Å². The monoisotopic (exact) mass is 503 g/mol. The number of furan rings is 1. The summed E-state index contributed by atoms with van der Waals surface area (Å²) in [5.74, 6) is 1.63. The number of ether oxygens (including phenoxy) is 1. The summed E-state index contributed by atoms with van der Waals surface area (Å²) >= 11 is 9.56. The van der Waals surface area contributed by atoms with Crippen molar-refractivity contribution < 1.29 is 13.9 Å². The zero-order valence-electron chi connectivity index (χ0n) is 17.0. The number of rotatable bonds is 10. The van der Waals surface area contributed by atoms with Crippen molar-refractivity contribution in [3.05, 3.63) is 81.2 Å². The number of carbonyl (C=O) groups excluding carboxylic acids is 1. The molecule has 162 valence electrons. The topological polar surface area (TPSA) is 75.9 Å². The van der Waals surface area contributed by atoms with Gasteiger partial charge in [0.05, 0.1) is 11.2 Å². The molecule has 0 aliphatic rings. The standard InChI is InChI=1S/C23H23BrClN3O3/c1-16-4-2-5-21(25)23(16)30-15-20-12-11-19(31-20)14-27-28-22(29)6-3-13-26-18-9-7-17(24)8-10-18/h2,4-5,7-12,14,26H,3,6,13,15H2,1H3,(H,28,29)/b27-14+. The SMILES string of the molecule is Cc1cccc(Cl)c1OCc1ccc(/C=N/NC(=O)CCCNc2ccc(Br)cc2)o1. The van der Waals surface area contributed by atoms with E-state index in [1.54, 1.807) is 18.2 Å². The molecule has 0 saturated carbocycles. The fourth-order valence-corrected chi connectivity index (χ4v) is 3.30.